The Morgan fingerprint density at radius 3 is 1.45 bits per heavy atom. The Labute approximate surface area is 236 Å². The van der Waals surface area contributed by atoms with Crippen molar-refractivity contribution in [1.82, 2.24) is 21.3 Å². The highest BCUT2D eigenvalue weighted by atomic mass is 16.4. The molecule has 0 aromatic carbocycles. The predicted octanol–water partition coefficient (Wildman–Crippen LogP) is 0.607. The number of rotatable bonds is 18. The number of hydrogen-bond acceptors (Lipinski definition) is 7. The zero-order valence-electron chi connectivity index (χ0n) is 24.9. The summed E-state index contributed by atoms with van der Waals surface area (Å²) in [6.45, 7) is 13.9. The fraction of sp³-hybridized carbons (Fsp3) is 0.778. The van der Waals surface area contributed by atoms with Crippen LogP contribution in [0.2, 0.25) is 0 Å². The number of aliphatic carboxylic acids is 2. The Morgan fingerprint density at radius 2 is 1.02 bits per heavy atom. The third-order valence-electron chi connectivity index (χ3n) is 7.39. The first kappa shape index (κ1) is 36.8. The van der Waals surface area contributed by atoms with Crippen molar-refractivity contribution in [2.75, 3.05) is 0 Å². The molecule has 0 unspecified atom stereocenters. The number of carboxylic acid groups (broad SMARTS) is 2. The number of nitrogens with two attached hydrogens (primary N) is 1. The Kier molecular flexibility index (Phi) is 16.1. The minimum Gasteiger partial charge on any atom is -0.481 e. The Hall–Kier alpha value is -3.22. The quantitative estimate of drug-likeness (QED) is 0.122. The highest BCUT2D eigenvalue weighted by Gasteiger charge is 2.36. The molecule has 0 aromatic heterocycles. The predicted molar refractivity (Wildman–Crippen MR) is 149 cm³/mol. The van der Waals surface area contributed by atoms with Gasteiger partial charge in [-0.1, -0.05) is 74.7 Å². The van der Waals surface area contributed by atoms with E-state index in [-0.39, 0.29) is 11.8 Å². The second-order valence-corrected chi connectivity index (χ2v) is 10.9. The van der Waals surface area contributed by atoms with Crippen molar-refractivity contribution in [3.05, 3.63) is 0 Å². The van der Waals surface area contributed by atoms with Gasteiger partial charge in [0.25, 0.3) is 0 Å². The van der Waals surface area contributed by atoms with Crippen molar-refractivity contribution in [2.24, 2.45) is 29.4 Å². The first-order chi connectivity index (χ1) is 18.5. The summed E-state index contributed by atoms with van der Waals surface area (Å²) in [5.74, 6) is -7.00. The maximum absolute atomic E-state index is 13.2. The molecule has 40 heavy (non-hydrogen) atoms. The summed E-state index contributed by atoms with van der Waals surface area (Å²) in [5.41, 5.74) is 5.98. The summed E-state index contributed by atoms with van der Waals surface area (Å²) < 4.78 is 0. The van der Waals surface area contributed by atoms with E-state index < -0.39 is 84.0 Å². The molecule has 8 atom stereocenters. The third-order valence-corrected chi connectivity index (χ3v) is 7.39. The molecule has 0 aliphatic rings. The van der Waals surface area contributed by atoms with Gasteiger partial charge in [-0.2, -0.15) is 0 Å². The molecule has 4 amide bonds. The molecule has 13 nitrogen and oxygen atoms in total. The standard InChI is InChI=1S/C27H49N5O8/c1-9-14(6)19(28)24(36)30-20(13(4)5)25(37)29-17(12-18(33)34)23(35)31-21(15(7)10-2)26(38)32-22(27(39)40)16(8)11-3/h13-17,19-22H,9-12,28H2,1-8H3,(H,29,37)(H,30,36)(H,31,35)(H,32,38)(H,33,34)(H,39,40)/t14-,15-,16-,17-,19-,20-,21-,22-/m0/s1. The van der Waals surface area contributed by atoms with Crippen LogP contribution in [0, 0.1) is 23.7 Å². The number of amides is 4. The Balaban J connectivity index is 5.92. The average Bonchev–Trinajstić information content (AvgIpc) is 2.89. The van der Waals surface area contributed by atoms with Gasteiger partial charge in [0.1, 0.15) is 24.2 Å². The largest absolute Gasteiger partial charge is 0.481 e. The molecular formula is C27H49N5O8. The first-order valence-corrected chi connectivity index (χ1v) is 13.9. The number of carbonyl (C=O) groups is 6. The lowest BCUT2D eigenvalue weighted by atomic mass is 9.95. The molecular weight excluding hydrogens is 522 g/mol. The van der Waals surface area contributed by atoms with Gasteiger partial charge >= 0.3 is 11.9 Å². The molecule has 13 heteroatoms. The average molecular weight is 572 g/mol. The van der Waals surface area contributed by atoms with E-state index in [9.17, 15) is 39.0 Å². The number of carbonyl (C=O) groups excluding carboxylic acids is 4. The third kappa shape index (κ3) is 11.5. The van der Waals surface area contributed by atoms with E-state index in [0.29, 0.717) is 19.3 Å². The molecule has 230 valence electrons. The fourth-order valence-electron chi connectivity index (χ4n) is 3.82. The van der Waals surface area contributed by atoms with Gasteiger partial charge in [-0.15, -0.1) is 0 Å². The van der Waals surface area contributed by atoms with Crippen molar-refractivity contribution in [3.8, 4) is 0 Å². The van der Waals surface area contributed by atoms with Crippen molar-refractivity contribution in [1.29, 1.82) is 0 Å². The lowest BCUT2D eigenvalue weighted by Gasteiger charge is -2.30. The van der Waals surface area contributed by atoms with Crippen LogP contribution in [0.5, 0.6) is 0 Å². The van der Waals surface area contributed by atoms with Crippen LogP contribution in [0.1, 0.15) is 81.1 Å². The monoisotopic (exact) mass is 571 g/mol. The van der Waals surface area contributed by atoms with Crippen LogP contribution in [0.15, 0.2) is 0 Å². The summed E-state index contributed by atoms with van der Waals surface area (Å²) in [6.07, 6.45) is 0.777. The van der Waals surface area contributed by atoms with Gasteiger partial charge in [0.2, 0.25) is 23.6 Å². The molecule has 0 aromatic rings. The Bertz CT molecular complexity index is 896. The summed E-state index contributed by atoms with van der Waals surface area (Å²) >= 11 is 0. The highest BCUT2D eigenvalue weighted by molar-refractivity contribution is 5.97. The van der Waals surface area contributed by atoms with Gasteiger partial charge in [-0.25, -0.2) is 4.79 Å². The molecule has 0 heterocycles. The van der Waals surface area contributed by atoms with Crippen molar-refractivity contribution in [3.63, 3.8) is 0 Å². The van der Waals surface area contributed by atoms with Crippen LogP contribution in [0.3, 0.4) is 0 Å². The maximum Gasteiger partial charge on any atom is 0.326 e. The van der Waals surface area contributed by atoms with E-state index in [1.54, 1.807) is 48.5 Å². The van der Waals surface area contributed by atoms with Crippen LogP contribution in [0.25, 0.3) is 0 Å². The topological polar surface area (TPSA) is 217 Å². The minimum absolute atomic E-state index is 0.147. The zero-order chi connectivity index (χ0) is 31.3. The number of hydrogen-bond donors (Lipinski definition) is 7. The normalized spacial score (nSPS) is 17.2. The second kappa shape index (κ2) is 17.5. The minimum atomic E-state index is -1.57. The van der Waals surface area contributed by atoms with E-state index in [1.165, 1.54) is 0 Å². The van der Waals surface area contributed by atoms with Crippen molar-refractivity contribution >= 4 is 35.6 Å². The van der Waals surface area contributed by atoms with Gasteiger partial charge in [0.05, 0.1) is 12.5 Å². The molecule has 8 N–H and O–H groups in total. The summed E-state index contributed by atoms with van der Waals surface area (Å²) in [7, 11) is 0. The zero-order valence-corrected chi connectivity index (χ0v) is 24.9. The van der Waals surface area contributed by atoms with E-state index in [0.717, 1.165) is 0 Å². The molecule has 0 saturated heterocycles. The van der Waals surface area contributed by atoms with Crippen LogP contribution in [-0.4, -0.2) is 76.0 Å². The van der Waals surface area contributed by atoms with Gasteiger partial charge in [-0.3, -0.25) is 24.0 Å². The van der Waals surface area contributed by atoms with Crippen LogP contribution in [-0.2, 0) is 28.8 Å². The molecule has 0 rings (SSSR count). The van der Waals surface area contributed by atoms with E-state index in [1.807, 2.05) is 6.92 Å². The summed E-state index contributed by atoms with van der Waals surface area (Å²) in [6, 6.07) is -5.92. The fourth-order valence-corrected chi connectivity index (χ4v) is 3.82. The van der Waals surface area contributed by atoms with E-state index >= 15 is 0 Å². The van der Waals surface area contributed by atoms with Gasteiger partial charge < -0.3 is 37.2 Å². The van der Waals surface area contributed by atoms with E-state index in [2.05, 4.69) is 21.3 Å². The molecule has 0 aliphatic carbocycles. The lowest BCUT2D eigenvalue weighted by Crippen LogP contribution is -2.61. The van der Waals surface area contributed by atoms with Crippen LogP contribution in [0.4, 0.5) is 0 Å². The Morgan fingerprint density at radius 1 is 0.600 bits per heavy atom. The van der Waals surface area contributed by atoms with Gasteiger partial charge in [0, 0.05) is 0 Å². The second-order valence-electron chi connectivity index (χ2n) is 10.9. The molecule has 0 spiro atoms. The molecule has 0 aliphatic heterocycles. The van der Waals surface area contributed by atoms with Gasteiger partial charge in [0.15, 0.2) is 0 Å². The maximum atomic E-state index is 13.2. The van der Waals surface area contributed by atoms with E-state index in [4.69, 9.17) is 5.73 Å². The molecule has 0 saturated carbocycles. The van der Waals surface area contributed by atoms with Crippen LogP contribution < -0.4 is 27.0 Å². The highest BCUT2D eigenvalue weighted by Crippen LogP contribution is 2.13. The van der Waals surface area contributed by atoms with Crippen molar-refractivity contribution in [2.45, 2.75) is 111 Å². The molecule has 0 fully saturated rings. The van der Waals surface area contributed by atoms with Gasteiger partial charge in [-0.05, 0) is 23.7 Å². The molecule has 0 radical (unpaired) electrons. The van der Waals surface area contributed by atoms with Crippen LogP contribution >= 0.6 is 0 Å². The van der Waals surface area contributed by atoms with Crippen molar-refractivity contribution < 1.29 is 39.0 Å². The number of nitrogens with one attached hydrogen (secondary N) is 4. The SMILES string of the molecule is CC[C@H](C)[C@H](N)C(=O)N[C@H](C(=O)N[C@@H](CC(=O)O)C(=O)N[C@H](C(=O)N[C@H](C(=O)O)[C@@H](C)CC)[C@@H](C)CC)C(C)C. The lowest BCUT2D eigenvalue weighted by molar-refractivity contribution is -0.144. The smallest absolute Gasteiger partial charge is 0.326 e. The summed E-state index contributed by atoms with van der Waals surface area (Å²) in [5, 5.41) is 28.9. The molecule has 0 bridgehead atoms. The summed E-state index contributed by atoms with van der Waals surface area (Å²) in [4.78, 5) is 75.3. The first-order valence-electron chi connectivity index (χ1n) is 13.9. The number of carboxylic acids is 2.